The largest absolute Gasteiger partial charge is 0.489 e. The van der Waals surface area contributed by atoms with E-state index in [2.05, 4.69) is 10.2 Å². The van der Waals surface area contributed by atoms with Crippen molar-refractivity contribution in [3.8, 4) is 5.75 Å². The fourth-order valence-corrected chi connectivity index (χ4v) is 3.55. The SMILES string of the molecule is CCO[C@H](C(=O)NCc1ccc(C(=N)N)cc1)c1c(F)ccc(OCCN2CCOCC2)c1F.Cl.Cl. The molecule has 2 aromatic rings. The number of nitrogens with zero attached hydrogens (tertiary/aromatic N) is 1. The van der Waals surface area contributed by atoms with E-state index in [1.54, 1.807) is 31.2 Å². The van der Waals surface area contributed by atoms with Gasteiger partial charge in [0.1, 0.15) is 18.3 Å². The van der Waals surface area contributed by atoms with Crippen LogP contribution in [0.2, 0.25) is 0 Å². The minimum absolute atomic E-state index is 0. The third-order valence-electron chi connectivity index (χ3n) is 5.43. The van der Waals surface area contributed by atoms with E-state index in [4.69, 9.17) is 25.4 Å². The van der Waals surface area contributed by atoms with Gasteiger partial charge >= 0.3 is 0 Å². The molecule has 0 radical (unpaired) electrons. The lowest BCUT2D eigenvalue weighted by Crippen LogP contribution is -2.38. The van der Waals surface area contributed by atoms with E-state index in [1.807, 2.05) is 0 Å². The molecule has 0 aromatic heterocycles. The van der Waals surface area contributed by atoms with Gasteiger partial charge in [0.05, 0.1) is 18.8 Å². The van der Waals surface area contributed by atoms with Gasteiger partial charge in [0.2, 0.25) is 0 Å². The van der Waals surface area contributed by atoms with Gasteiger partial charge in [-0.25, -0.2) is 8.78 Å². The summed E-state index contributed by atoms with van der Waals surface area (Å²) in [6, 6.07) is 9.00. The number of rotatable bonds is 11. The molecule has 1 aliphatic rings. The van der Waals surface area contributed by atoms with Gasteiger partial charge in [0.15, 0.2) is 17.7 Å². The molecule has 36 heavy (non-hydrogen) atoms. The molecule has 1 fully saturated rings. The fourth-order valence-electron chi connectivity index (χ4n) is 3.55. The normalized spacial score (nSPS) is 14.2. The Labute approximate surface area is 221 Å². The number of carbonyl (C=O) groups excluding carboxylic acids is 1. The Kier molecular flexibility index (Phi) is 13.6. The molecule has 1 aliphatic heterocycles. The van der Waals surface area contributed by atoms with E-state index in [-0.39, 0.29) is 56.2 Å². The molecule has 12 heteroatoms. The number of hydrogen-bond donors (Lipinski definition) is 3. The summed E-state index contributed by atoms with van der Waals surface area (Å²) in [6.07, 6.45) is -1.48. The van der Waals surface area contributed by atoms with E-state index < -0.39 is 29.2 Å². The lowest BCUT2D eigenvalue weighted by atomic mass is 10.1. The molecule has 200 valence electrons. The van der Waals surface area contributed by atoms with Crippen LogP contribution in [0.1, 0.15) is 29.7 Å². The number of ether oxygens (including phenoxy) is 3. The van der Waals surface area contributed by atoms with Gasteiger partial charge < -0.3 is 25.3 Å². The van der Waals surface area contributed by atoms with Crippen molar-refractivity contribution >= 4 is 36.6 Å². The second-order valence-corrected chi connectivity index (χ2v) is 7.74. The van der Waals surface area contributed by atoms with E-state index in [9.17, 15) is 9.18 Å². The van der Waals surface area contributed by atoms with Gasteiger partial charge in [-0.3, -0.25) is 15.1 Å². The zero-order valence-corrected chi connectivity index (χ0v) is 21.6. The lowest BCUT2D eigenvalue weighted by Gasteiger charge is -2.26. The highest BCUT2D eigenvalue weighted by atomic mass is 35.5. The summed E-state index contributed by atoms with van der Waals surface area (Å²) < 4.78 is 46.2. The van der Waals surface area contributed by atoms with E-state index in [1.165, 1.54) is 6.07 Å². The van der Waals surface area contributed by atoms with Crippen LogP contribution < -0.4 is 15.8 Å². The van der Waals surface area contributed by atoms with Crippen molar-refractivity contribution in [1.82, 2.24) is 10.2 Å². The number of nitrogen functional groups attached to an aromatic ring is 1. The van der Waals surface area contributed by atoms with Crippen LogP contribution in [0.15, 0.2) is 36.4 Å². The highest BCUT2D eigenvalue weighted by molar-refractivity contribution is 5.94. The first-order chi connectivity index (χ1) is 16.4. The van der Waals surface area contributed by atoms with E-state index in [0.717, 1.165) is 24.7 Å². The number of nitrogens with one attached hydrogen (secondary N) is 2. The highest BCUT2D eigenvalue weighted by Gasteiger charge is 2.29. The fraction of sp³-hybridized carbons (Fsp3) is 0.417. The first-order valence-electron chi connectivity index (χ1n) is 11.1. The molecule has 0 saturated carbocycles. The number of morpholine rings is 1. The number of amides is 1. The Morgan fingerprint density at radius 3 is 2.44 bits per heavy atom. The van der Waals surface area contributed by atoms with Crippen molar-refractivity contribution in [3.05, 3.63) is 64.7 Å². The monoisotopic (exact) mass is 548 g/mol. The maximum Gasteiger partial charge on any atom is 0.254 e. The van der Waals surface area contributed by atoms with Gasteiger partial charge in [-0.05, 0) is 24.6 Å². The number of halogens is 4. The van der Waals surface area contributed by atoms with Crippen molar-refractivity contribution < 1.29 is 27.8 Å². The Bertz CT molecular complexity index is 993. The third-order valence-corrected chi connectivity index (χ3v) is 5.43. The molecule has 3 rings (SSSR count). The standard InChI is InChI=1S/C24H30F2N4O4.2ClH/c1-2-33-22(24(31)29-15-16-3-5-17(6-4-16)23(27)28)20-18(25)7-8-19(21(20)26)34-14-11-30-9-12-32-13-10-30;;/h3-8,22H,2,9-15H2,1H3,(H3,27,28)(H,29,31);2*1H/t22-;;/m0../s1. The molecular weight excluding hydrogens is 517 g/mol. The number of benzene rings is 2. The van der Waals surface area contributed by atoms with Crippen molar-refractivity contribution in [2.75, 3.05) is 46.1 Å². The highest BCUT2D eigenvalue weighted by Crippen LogP contribution is 2.30. The summed E-state index contributed by atoms with van der Waals surface area (Å²) in [5.74, 6) is -2.73. The molecule has 2 aromatic carbocycles. The van der Waals surface area contributed by atoms with Crippen LogP contribution in [0.4, 0.5) is 8.78 Å². The first kappa shape index (κ1) is 31.5. The van der Waals surface area contributed by atoms with Crippen molar-refractivity contribution in [3.63, 3.8) is 0 Å². The average Bonchev–Trinajstić information content (AvgIpc) is 2.84. The second kappa shape index (κ2) is 15.6. The van der Waals surface area contributed by atoms with Crippen LogP contribution in [-0.2, 0) is 20.8 Å². The molecule has 1 amide bonds. The third kappa shape index (κ3) is 8.56. The molecular formula is C24H32Cl2F2N4O4. The van der Waals surface area contributed by atoms with Gasteiger partial charge in [-0.2, -0.15) is 0 Å². The quantitative estimate of drug-likeness (QED) is 0.294. The zero-order chi connectivity index (χ0) is 24.5. The Hall–Kier alpha value is -2.50. The van der Waals surface area contributed by atoms with E-state index >= 15 is 4.39 Å². The molecule has 1 saturated heterocycles. The van der Waals surface area contributed by atoms with Crippen molar-refractivity contribution in [2.45, 2.75) is 19.6 Å². The van der Waals surface area contributed by atoms with E-state index in [0.29, 0.717) is 25.3 Å². The summed E-state index contributed by atoms with van der Waals surface area (Å²) in [4.78, 5) is 15.0. The molecule has 0 spiro atoms. The zero-order valence-electron chi connectivity index (χ0n) is 19.9. The lowest BCUT2D eigenvalue weighted by molar-refractivity contribution is -0.133. The summed E-state index contributed by atoms with van der Waals surface area (Å²) in [7, 11) is 0. The van der Waals surface area contributed by atoms with Gasteiger partial charge in [-0.15, -0.1) is 24.8 Å². The number of hydrogen-bond acceptors (Lipinski definition) is 6. The molecule has 0 aliphatic carbocycles. The molecule has 0 bridgehead atoms. The van der Waals surface area contributed by atoms with Crippen LogP contribution in [0.5, 0.6) is 5.75 Å². The average molecular weight is 549 g/mol. The minimum atomic E-state index is -1.48. The summed E-state index contributed by atoms with van der Waals surface area (Å²) >= 11 is 0. The summed E-state index contributed by atoms with van der Waals surface area (Å²) in [6.45, 7) is 5.43. The molecule has 1 heterocycles. The minimum Gasteiger partial charge on any atom is -0.489 e. The number of amidine groups is 1. The Balaban J connectivity index is 0.00000324. The second-order valence-electron chi connectivity index (χ2n) is 7.74. The molecule has 0 unspecified atom stereocenters. The first-order valence-corrected chi connectivity index (χ1v) is 11.1. The van der Waals surface area contributed by atoms with Crippen molar-refractivity contribution in [2.24, 2.45) is 5.73 Å². The number of carbonyl (C=O) groups is 1. The predicted molar refractivity (Wildman–Crippen MR) is 137 cm³/mol. The maximum atomic E-state index is 15.2. The molecule has 4 N–H and O–H groups in total. The van der Waals surface area contributed by atoms with Crippen LogP contribution in [0, 0.1) is 17.0 Å². The number of nitrogens with two attached hydrogens (primary N) is 1. The van der Waals surface area contributed by atoms with Crippen LogP contribution >= 0.6 is 24.8 Å². The van der Waals surface area contributed by atoms with Crippen LogP contribution in [-0.4, -0.2) is 62.7 Å². The molecule has 8 nitrogen and oxygen atoms in total. The van der Waals surface area contributed by atoms with Crippen molar-refractivity contribution in [1.29, 1.82) is 5.41 Å². The smallest absolute Gasteiger partial charge is 0.254 e. The van der Waals surface area contributed by atoms with Crippen LogP contribution in [0.25, 0.3) is 0 Å². The van der Waals surface area contributed by atoms with Gasteiger partial charge in [-0.1, -0.05) is 24.3 Å². The van der Waals surface area contributed by atoms with Gasteiger partial charge in [0.25, 0.3) is 5.91 Å². The topological polar surface area (TPSA) is 110 Å². The Morgan fingerprint density at radius 2 is 1.83 bits per heavy atom. The predicted octanol–water partition coefficient (Wildman–Crippen LogP) is 3.20. The van der Waals surface area contributed by atoms with Gasteiger partial charge in [0, 0.05) is 38.3 Å². The molecule has 1 atom stereocenters. The van der Waals surface area contributed by atoms with Crippen LogP contribution in [0.3, 0.4) is 0 Å². The summed E-state index contributed by atoms with van der Waals surface area (Å²) in [5.41, 5.74) is 6.23. The Morgan fingerprint density at radius 1 is 1.17 bits per heavy atom. The maximum absolute atomic E-state index is 15.2. The summed E-state index contributed by atoms with van der Waals surface area (Å²) in [5, 5.41) is 10.1.